The lowest BCUT2D eigenvalue weighted by Crippen LogP contribution is -2.31. The van der Waals surface area contributed by atoms with Crippen LogP contribution in [0.3, 0.4) is 0 Å². The predicted molar refractivity (Wildman–Crippen MR) is 106 cm³/mol. The van der Waals surface area contributed by atoms with Crippen LogP contribution in [0.1, 0.15) is 35.6 Å². The van der Waals surface area contributed by atoms with E-state index in [4.69, 9.17) is 21.6 Å². The van der Waals surface area contributed by atoms with Gasteiger partial charge < -0.3 is 14.6 Å². The molecule has 8 heteroatoms. The van der Waals surface area contributed by atoms with E-state index < -0.39 is 6.67 Å². The van der Waals surface area contributed by atoms with E-state index >= 15 is 0 Å². The summed E-state index contributed by atoms with van der Waals surface area (Å²) in [5.74, 6) is 0.418. The van der Waals surface area contributed by atoms with Gasteiger partial charge in [0, 0.05) is 11.9 Å². The van der Waals surface area contributed by atoms with Crippen LogP contribution in [0.5, 0.6) is 0 Å². The summed E-state index contributed by atoms with van der Waals surface area (Å²) in [4.78, 5) is 17.2. The average molecular weight is 405 g/mol. The number of anilines is 2. The van der Waals surface area contributed by atoms with Crippen LogP contribution in [0, 0.1) is 31.1 Å². The average Bonchev–Trinajstić information content (AvgIpc) is 3.49. The molecule has 0 unspecified atom stereocenters. The van der Waals surface area contributed by atoms with E-state index in [0.717, 1.165) is 24.0 Å². The molecule has 0 saturated heterocycles. The summed E-state index contributed by atoms with van der Waals surface area (Å²) in [5, 5.41) is 12.4. The van der Waals surface area contributed by atoms with Crippen molar-refractivity contribution in [3.05, 3.63) is 50.5 Å². The molecule has 0 spiro atoms. The third-order valence-electron chi connectivity index (χ3n) is 4.84. The van der Waals surface area contributed by atoms with Crippen LogP contribution in [-0.4, -0.2) is 29.4 Å². The van der Waals surface area contributed by atoms with E-state index in [1.807, 2.05) is 13.8 Å². The fourth-order valence-electron chi connectivity index (χ4n) is 3.33. The van der Waals surface area contributed by atoms with Crippen LogP contribution in [-0.2, 0) is 4.74 Å². The summed E-state index contributed by atoms with van der Waals surface area (Å²) in [6, 6.07) is 5.40. The van der Waals surface area contributed by atoms with Gasteiger partial charge in [-0.3, -0.25) is 4.79 Å². The Morgan fingerprint density at radius 1 is 1.43 bits per heavy atom. The summed E-state index contributed by atoms with van der Waals surface area (Å²) in [5.41, 5.74) is 2.61. The molecule has 1 aromatic carbocycles. The van der Waals surface area contributed by atoms with Crippen molar-refractivity contribution < 1.29 is 9.13 Å². The van der Waals surface area contributed by atoms with Gasteiger partial charge in [0.1, 0.15) is 11.8 Å². The van der Waals surface area contributed by atoms with Crippen molar-refractivity contribution in [3.8, 4) is 6.07 Å². The molecule has 148 valence electrons. The Kier molecular flexibility index (Phi) is 6.32. The topological polar surface area (TPSA) is 79.9 Å². The first-order valence-corrected chi connectivity index (χ1v) is 9.53. The van der Waals surface area contributed by atoms with E-state index in [1.54, 1.807) is 16.7 Å². The Morgan fingerprint density at radius 2 is 2.11 bits per heavy atom. The number of rotatable bonds is 8. The number of aryl methyl sites for hydroxylation is 2. The number of nitrogens with zero attached hydrogens (tertiary/aromatic N) is 3. The van der Waals surface area contributed by atoms with Gasteiger partial charge >= 0.3 is 0 Å². The fourth-order valence-corrected chi connectivity index (χ4v) is 3.52. The highest BCUT2D eigenvalue weighted by atomic mass is 35.5. The van der Waals surface area contributed by atoms with Gasteiger partial charge in [-0.15, -0.1) is 0 Å². The number of nitrogens with one attached hydrogen (secondary N) is 1. The molecule has 0 radical (unpaired) electrons. The van der Waals surface area contributed by atoms with Gasteiger partial charge in [-0.1, -0.05) is 11.6 Å². The Labute approximate surface area is 167 Å². The Hall–Kier alpha value is -2.43. The fraction of sp³-hybridized carbons (Fsp3) is 0.450. The molecule has 6 nitrogen and oxygen atoms in total. The molecule has 3 rings (SSSR count). The first kappa shape index (κ1) is 20.3. The standard InChI is InChI=1S/C20H22ClFN4O2/c1-12-7-14(9-23)8-13(2)18(12)25-19-20(27)26(10-17(21)24-19)16(15-3-4-15)11-28-6-5-22/h7-8,10,15-16H,3-6,11H2,1-2H3,(H,24,25)/t16-/m0/s1. The van der Waals surface area contributed by atoms with Crippen molar-refractivity contribution in [2.45, 2.75) is 32.7 Å². The van der Waals surface area contributed by atoms with E-state index in [-0.39, 0.29) is 35.8 Å². The SMILES string of the molecule is Cc1cc(C#N)cc(C)c1Nc1nc(Cl)cn([C@@H](COCCF)C2CC2)c1=O. The van der Waals surface area contributed by atoms with Crippen molar-refractivity contribution >= 4 is 23.1 Å². The van der Waals surface area contributed by atoms with Gasteiger partial charge in [0.05, 0.1) is 30.9 Å². The van der Waals surface area contributed by atoms with Gasteiger partial charge in [-0.25, -0.2) is 9.37 Å². The van der Waals surface area contributed by atoms with Crippen LogP contribution in [0.15, 0.2) is 23.1 Å². The molecular weight excluding hydrogens is 383 g/mol. The molecule has 1 aliphatic carbocycles. The Bertz CT molecular complexity index is 943. The van der Waals surface area contributed by atoms with Gasteiger partial charge in [0.2, 0.25) is 0 Å². The molecule has 1 N–H and O–H groups in total. The van der Waals surface area contributed by atoms with Crippen LogP contribution in [0.2, 0.25) is 5.15 Å². The minimum Gasteiger partial charge on any atom is -0.377 e. The maximum atomic E-state index is 13.1. The lowest BCUT2D eigenvalue weighted by Gasteiger charge is -2.21. The second kappa shape index (κ2) is 8.72. The molecule has 1 aromatic heterocycles. The number of hydrogen-bond acceptors (Lipinski definition) is 5. The van der Waals surface area contributed by atoms with Crippen LogP contribution >= 0.6 is 11.6 Å². The number of ether oxygens (including phenoxy) is 1. The van der Waals surface area contributed by atoms with Crippen molar-refractivity contribution in [1.29, 1.82) is 5.26 Å². The third-order valence-corrected chi connectivity index (χ3v) is 5.02. The second-order valence-electron chi connectivity index (χ2n) is 7.02. The normalized spacial score (nSPS) is 14.5. The lowest BCUT2D eigenvalue weighted by atomic mass is 10.0. The quantitative estimate of drug-likeness (QED) is 0.671. The number of nitriles is 1. The predicted octanol–water partition coefficient (Wildman–Crippen LogP) is 4.07. The second-order valence-corrected chi connectivity index (χ2v) is 7.40. The zero-order valence-corrected chi connectivity index (χ0v) is 16.6. The van der Waals surface area contributed by atoms with Crippen molar-refractivity contribution in [3.63, 3.8) is 0 Å². The highest BCUT2D eigenvalue weighted by Crippen LogP contribution is 2.39. The molecule has 0 amide bonds. The largest absolute Gasteiger partial charge is 0.377 e. The molecule has 1 atom stereocenters. The summed E-state index contributed by atoms with van der Waals surface area (Å²) >= 11 is 6.19. The highest BCUT2D eigenvalue weighted by molar-refractivity contribution is 6.29. The Balaban J connectivity index is 1.95. The van der Waals surface area contributed by atoms with Crippen molar-refractivity contribution in [2.24, 2.45) is 5.92 Å². The van der Waals surface area contributed by atoms with Gasteiger partial charge in [0.15, 0.2) is 5.82 Å². The van der Waals surface area contributed by atoms with E-state index in [1.165, 1.54) is 6.20 Å². The molecular formula is C20H22ClFN4O2. The molecule has 1 aliphatic rings. The smallest absolute Gasteiger partial charge is 0.294 e. The summed E-state index contributed by atoms with van der Waals surface area (Å²) in [6.07, 6.45) is 3.49. The molecule has 1 saturated carbocycles. The monoisotopic (exact) mass is 404 g/mol. The maximum Gasteiger partial charge on any atom is 0.294 e. The third kappa shape index (κ3) is 4.51. The maximum absolute atomic E-state index is 13.1. The molecule has 0 aliphatic heterocycles. The van der Waals surface area contributed by atoms with Gasteiger partial charge in [-0.2, -0.15) is 5.26 Å². The van der Waals surface area contributed by atoms with Crippen LogP contribution < -0.4 is 10.9 Å². The minimum atomic E-state index is -0.562. The Morgan fingerprint density at radius 3 is 2.68 bits per heavy atom. The highest BCUT2D eigenvalue weighted by Gasteiger charge is 2.34. The number of hydrogen-bond donors (Lipinski definition) is 1. The molecule has 1 fully saturated rings. The number of aromatic nitrogens is 2. The van der Waals surface area contributed by atoms with Crippen molar-refractivity contribution in [2.75, 3.05) is 25.2 Å². The number of benzene rings is 1. The first-order chi connectivity index (χ1) is 13.4. The number of halogens is 2. The summed E-state index contributed by atoms with van der Waals surface area (Å²) < 4.78 is 19.3. The van der Waals surface area contributed by atoms with Crippen LogP contribution in [0.4, 0.5) is 15.9 Å². The minimum absolute atomic E-state index is 0.00548. The molecule has 0 bridgehead atoms. The van der Waals surface area contributed by atoms with E-state index in [9.17, 15) is 9.18 Å². The molecule has 28 heavy (non-hydrogen) atoms. The zero-order chi connectivity index (χ0) is 20.3. The summed E-state index contributed by atoms with van der Waals surface area (Å²) in [7, 11) is 0. The van der Waals surface area contributed by atoms with E-state index in [2.05, 4.69) is 16.4 Å². The lowest BCUT2D eigenvalue weighted by molar-refractivity contribution is 0.0833. The van der Waals surface area contributed by atoms with Crippen molar-refractivity contribution in [1.82, 2.24) is 9.55 Å². The molecule has 1 heterocycles. The molecule has 2 aromatic rings. The van der Waals surface area contributed by atoms with Gasteiger partial charge in [-0.05, 0) is 55.9 Å². The first-order valence-electron chi connectivity index (χ1n) is 9.15. The number of alkyl halides is 1. The summed E-state index contributed by atoms with van der Waals surface area (Å²) in [6.45, 7) is 3.41. The van der Waals surface area contributed by atoms with Gasteiger partial charge in [0.25, 0.3) is 5.56 Å². The van der Waals surface area contributed by atoms with Crippen LogP contribution in [0.25, 0.3) is 0 Å². The zero-order valence-electron chi connectivity index (χ0n) is 15.8. The van der Waals surface area contributed by atoms with E-state index in [0.29, 0.717) is 17.2 Å².